The quantitative estimate of drug-likeness (QED) is 0.657. The Hall–Kier alpha value is -2.84. The fourth-order valence-electron chi connectivity index (χ4n) is 3.35. The number of rotatable bonds is 5. The van der Waals surface area contributed by atoms with Crippen molar-refractivity contribution in [3.8, 4) is 11.4 Å². The SMILES string of the molecule is CN(CC1CCCCC1)C(=O)c1ccc([N+](=O)[O-])cc1-c1nnn[nH]1. The highest BCUT2D eigenvalue weighted by atomic mass is 16.6. The molecule has 132 valence electrons. The molecule has 3 rings (SSSR count). The van der Waals surface area contributed by atoms with Gasteiger partial charge in [-0.15, -0.1) is 5.10 Å². The first-order valence-electron chi connectivity index (χ1n) is 8.34. The molecule has 0 unspecified atom stereocenters. The molecule has 1 amide bonds. The summed E-state index contributed by atoms with van der Waals surface area (Å²) < 4.78 is 0. The third-order valence-electron chi connectivity index (χ3n) is 4.65. The molecule has 0 atom stereocenters. The van der Waals surface area contributed by atoms with Crippen LogP contribution in [0, 0.1) is 16.0 Å². The van der Waals surface area contributed by atoms with Crippen molar-refractivity contribution >= 4 is 11.6 Å². The average Bonchev–Trinajstić information content (AvgIpc) is 3.16. The lowest BCUT2D eigenvalue weighted by Crippen LogP contribution is -2.33. The van der Waals surface area contributed by atoms with Crippen molar-refractivity contribution in [3.63, 3.8) is 0 Å². The zero-order valence-electron chi connectivity index (χ0n) is 14.0. The van der Waals surface area contributed by atoms with Gasteiger partial charge in [-0.1, -0.05) is 19.3 Å². The Labute approximate surface area is 144 Å². The van der Waals surface area contributed by atoms with Crippen LogP contribution in [-0.2, 0) is 0 Å². The molecule has 1 aromatic heterocycles. The molecule has 1 N–H and O–H groups in total. The second-order valence-corrected chi connectivity index (χ2v) is 6.43. The lowest BCUT2D eigenvalue weighted by Gasteiger charge is -2.27. The van der Waals surface area contributed by atoms with E-state index in [-0.39, 0.29) is 17.4 Å². The van der Waals surface area contributed by atoms with Crippen LogP contribution in [0.1, 0.15) is 42.5 Å². The summed E-state index contributed by atoms with van der Waals surface area (Å²) in [5, 5.41) is 24.4. The number of hydrogen-bond donors (Lipinski definition) is 1. The minimum atomic E-state index is -0.507. The summed E-state index contributed by atoms with van der Waals surface area (Å²) >= 11 is 0. The van der Waals surface area contributed by atoms with E-state index < -0.39 is 4.92 Å². The Morgan fingerprint density at radius 3 is 2.76 bits per heavy atom. The summed E-state index contributed by atoms with van der Waals surface area (Å²) in [5.74, 6) is 0.557. The molecule has 0 bridgehead atoms. The number of tetrazole rings is 1. The maximum Gasteiger partial charge on any atom is 0.270 e. The van der Waals surface area contributed by atoms with Gasteiger partial charge in [0.25, 0.3) is 11.6 Å². The Morgan fingerprint density at radius 1 is 1.36 bits per heavy atom. The number of nitrogens with zero attached hydrogens (tertiary/aromatic N) is 5. The zero-order chi connectivity index (χ0) is 17.8. The van der Waals surface area contributed by atoms with Crippen LogP contribution in [0.5, 0.6) is 0 Å². The van der Waals surface area contributed by atoms with Crippen molar-refractivity contribution < 1.29 is 9.72 Å². The summed E-state index contributed by atoms with van der Waals surface area (Å²) in [6.45, 7) is 0.684. The minimum absolute atomic E-state index is 0.113. The second kappa shape index (κ2) is 7.37. The highest BCUT2D eigenvalue weighted by Crippen LogP contribution is 2.28. The molecule has 1 saturated carbocycles. The summed E-state index contributed by atoms with van der Waals surface area (Å²) in [7, 11) is 1.76. The van der Waals surface area contributed by atoms with E-state index in [0.717, 1.165) is 12.8 Å². The van der Waals surface area contributed by atoms with E-state index in [9.17, 15) is 14.9 Å². The number of aromatic amines is 1. The summed E-state index contributed by atoms with van der Waals surface area (Å²) in [5.41, 5.74) is 0.569. The number of carbonyl (C=O) groups is 1. The molecule has 1 aliphatic rings. The predicted octanol–water partition coefficient (Wildman–Crippen LogP) is 2.43. The van der Waals surface area contributed by atoms with Gasteiger partial charge >= 0.3 is 0 Å². The molecule has 1 aromatic carbocycles. The number of nitro benzene ring substituents is 1. The van der Waals surface area contributed by atoms with E-state index in [2.05, 4.69) is 20.6 Å². The largest absolute Gasteiger partial charge is 0.341 e. The van der Waals surface area contributed by atoms with Gasteiger partial charge in [0, 0.05) is 31.3 Å². The van der Waals surface area contributed by atoms with Gasteiger partial charge in [0.05, 0.1) is 10.5 Å². The molecular weight excluding hydrogens is 324 g/mol. The first-order valence-corrected chi connectivity index (χ1v) is 8.34. The van der Waals surface area contributed by atoms with Crippen molar-refractivity contribution in [1.29, 1.82) is 0 Å². The van der Waals surface area contributed by atoms with E-state index in [0.29, 0.717) is 23.6 Å². The molecule has 1 heterocycles. The first kappa shape index (κ1) is 17.0. The fraction of sp³-hybridized carbons (Fsp3) is 0.500. The number of aromatic nitrogens is 4. The number of benzene rings is 1. The average molecular weight is 344 g/mol. The van der Waals surface area contributed by atoms with Crippen LogP contribution < -0.4 is 0 Å². The van der Waals surface area contributed by atoms with Crippen LogP contribution in [0.15, 0.2) is 18.2 Å². The number of H-pyrrole nitrogens is 1. The summed E-state index contributed by atoms with van der Waals surface area (Å²) in [6, 6.07) is 4.12. The van der Waals surface area contributed by atoms with Gasteiger partial charge in [0.15, 0.2) is 5.82 Å². The number of nitrogens with one attached hydrogen (secondary N) is 1. The predicted molar refractivity (Wildman–Crippen MR) is 89.8 cm³/mol. The second-order valence-electron chi connectivity index (χ2n) is 6.43. The van der Waals surface area contributed by atoms with Crippen LogP contribution in [-0.4, -0.2) is 49.9 Å². The number of carbonyl (C=O) groups excluding carboxylic acids is 1. The topological polar surface area (TPSA) is 118 Å². The van der Waals surface area contributed by atoms with Crippen molar-refractivity contribution in [1.82, 2.24) is 25.5 Å². The highest BCUT2D eigenvalue weighted by Gasteiger charge is 2.24. The Morgan fingerprint density at radius 2 is 2.12 bits per heavy atom. The smallest absolute Gasteiger partial charge is 0.270 e. The van der Waals surface area contributed by atoms with E-state index >= 15 is 0 Å². The van der Waals surface area contributed by atoms with Gasteiger partial charge in [-0.2, -0.15) is 0 Å². The molecule has 0 spiro atoms. The minimum Gasteiger partial charge on any atom is -0.341 e. The van der Waals surface area contributed by atoms with Crippen molar-refractivity contribution in [2.45, 2.75) is 32.1 Å². The molecule has 9 heteroatoms. The van der Waals surface area contributed by atoms with Crippen LogP contribution in [0.25, 0.3) is 11.4 Å². The number of non-ortho nitro benzene ring substituents is 1. The number of amides is 1. The first-order chi connectivity index (χ1) is 12.1. The number of nitro groups is 1. The van der Waals surface area contributed by atoms with Crippen LogP contribution in [0.4, 0.5) is 5.69 Å². The lowest BCUT2D eigenvalue weighted by atomic mass is 9.89. The molecule has 25 heavy (non-hydrogen) atoms. The van der Waals surface area contributed by atoms with Crippen LogP contribution >= 0.6 is 0 Å². The van der Waals surface area contributed by atoms with Gasteiger partial charge in [-0.3, -0.25) is 14.9 Å². The van der Waals surface area contributed by atoms with Crippen LogP contribution in [0.2, 0.25) is 0 Å². The van der Waals surface area contributed by atoms with Gasteiger partial charge in [-0.25, -0.2) is 5.10 Å². The van der Waals surface area contributed by atoms with Gasteiger partial charge in [0.1, 0.15) is 0 Å². The molecule has 9 nitrogen and oxygen atoms in total. The van der Waals surface area contributed by atoms with Crippen molar-refractivity contribution in [2.24, 2.45) is 5.92 Å². The van der Waals surface area contributed by atoms with E-state index in [4.69, 9.17) is 0 Å². The lowest BCUT2D eigenvalue weighted by molar-refractivity contribution is -0.384. The van der Waals surface area contributed by atoms with Crippen molar-refractivity contribution in [2.75, 3.05) is 13.6 Å². The molecule has 1 fully saturated rings. The molecule has 2 aromatic rings. The standard InChI is InChI=1S/C16H20N6O3/c1-21(10-11-5-3-2-4-6-11)16(23)13-8-7-12(22(24)25)9-14(13)15-17-19-20-18-15/h7-9,11H,2-6,10H2,1H3,(H,17,18,19,20). The van der Waals surface area contributed by atoms with Crippen LogP contribution in [0.3, 0.4) is 0 Å². The Kier molecular flexibility index (Phi) is 5.01. The maximum absolute atomic E-state index is 12.9. The number of hydrogen-bond acceptors (Lipinski definition) is 6. The maximum atomic E-state index is 12.9. The molecule has 0 aliphatic heterocycles. The van der Waals surface area contributed by atoms with E-state index in [1.807, 2.05) is 0 Å². The third kappa shape index (κ3) is 3.81. The fourth-order valence-corrected chi connectivity index (χ4v) is 3.35. The molecule has 1 aliphatic carbocycles. The Bertz CT molecular complexity index is 755. The molecule has 0 radical (unpaired) electrons. The molecule has 0 saturated heterocycles. The monoisotopic (exact) mass is 344 g/mol. The van der Waals surface area contributed by atoms with Gasteiger partial charge in [0.2, 0.25) is 0 Å². The highest BCUT2D eigenvalue weighted by molar-refractivity contribution is 6.00. The third-order valence-corrected chi connectivity index (χ3v) is 4.65. The normalized spacial score (nSPS) is 15.1. The van der Waals surface area contributed by atoms with Gasteiger partial charge in [-0.05, 0) is 35.3 Å². The Balaban J connectivity index is 1.87. The van der Waals surface area contributed by atoms with Gasteiger partial charge < -0.3 is 4.90 Å². The van der Waals surface area contributed by atoms with E-state index in [1.165, 1.54) is 37.5 Å². The van der Waals surface area contributed by atoms with E-state index in [1.54, 1.807) is 11.9 Å². The zero-order valence-corrected chi connectivity index (χ0v) is 14.0. The summed E-state index contributed by atoms with van der Waals surface area (Å²) in [4.78, 5) is 25.1. The summed E-state index contributed by atoms with van der Waals surface area (Å²) in [6.07, 6.45) is 5.95. The van der Waals surface area contributed by atoms with Crippen molar-refractivity contribution in [3.05, 3.63) is 33.9 Å². The molecular formula is C16H20N6O3.